The lowest BCUT2D eigenvalue weighted by molar-refractivity contribution is 0.0899. The highest BCUT2D eigenvalue weighted by molar-refractivity contribution is 6.76. The molecule has 0 fully saturated rings. The Kier molecular flexibility index (Phi) is 5.22. The Balaban J connectivity index is 1.92. The number of aromatic nitrogens is 4. The summed E-state index contributed by atoms with van der Waals surface area (Å²) in [7, 11) is -1.10. The van der Waals surface area contributed by atoms with Crippen LogP contribution in [0.2, 0.25) is 30.7 Å². The van der Waals surface area contributed by atoms with E-state index in [9.17, 15) is 0 Å². The molecule has 25 heavy (non-hydrogen) atoms. The Morgan fingerprint density at radius 1 is 1.16 bits per heavy atom. The largest absolute Gasteiger partial charge is 0.361 e. The first-order valence-electron chi connectivity index (χ1n) is 8.35. The monoisotopic (exact) mass is 374 g/mol. The summed E-state index contributed by atoms with van der Waals surface area (Å²) in [5.41, 5.74) is 2.71. The van der Waals surface area contributed by atoms with Crippen molar-refractivity contribution >= 4 is 30.7 Å². The summed E-state index contributed by atoms with van der Waals surface area (Å²) in [5, 5.41) is 1.58. The SMILES string of the molecule is Cc1ncc(-c2cn(COCC[Si](C)(C)C)c3nccc(Cl)c23)cn1. The molecule has 3 rings (SSSR count). The van der Waals surface area contributed by atoms with Crippen molar-refractivity contribution < 1.29 is 4.74 Å². The van der Waals surface area contributed by atoms with E-state index in [1.165, 1.54) is 0 Å². The van der Waals surface area contributed by atoms with Crippen molar-refractivity contribution in [2.45, 2.75) is 39.3 Å². The van der Waals surface area contributed by atoms with E-state index in [0.29, 0.717) is 11.8 Å². The maximum Gasteiger partial charge on any atom is 0.143 e. The lowest BCUT2D eigenvalue weighted by atomic mass is 10.1. The van der Waals surface area contributed by atoms with Crippen LogP contribution in [-0.4, -0.2) is 34.2 Å². The number of hydrogen-bond acceptors (Lipinski definition) is 4. The molecule has 0 aliphatic rings. The van der Waals surface area contributed by atoms with Gasteiger partial charge in [0, 0.05) is 56.0 Å². The number of pyridine rings is 1. The summed E-state index contributed by atoms with van der Waals surface area (Å²) in [6.07, 6.45) is 7.37. The van der Waals surface area contributed by atoms with Crippen LogP contribution in [0.3, 0.4) is 0 Å². The first kappa shape index (κ1) is 18.0. The fourth-order valence-electron chi connectivity index (χ4n) is 2.57. The van der Waals surface area contributed by atoms with Crippen molar-refractivity contribution in [2.24, 2.45) is 0 Å². The second kappa shape index (κ2) is 7.23. The molecule has 0 spiro atoms. The second-order valence-corrected chi connectivity index (χ2v) is 13.4. The van der Waals surface area contributed by atoms with Crippen molar-refractivity contribution in [3.63, 3.8) is 0 Å². The van der Waals surface area contributed by atoms with E-state index >= 15 is 0 Å². The van der Waals surface area contributed by atoms with Crippen LogP contribution in [0.4, 0.5) is 0 Å². The zero-order chi connectivity index (χ0) is 18.0. The molecule has 132 valence electrons. The normalized spacial score (nSPS) is 12.0. The van der Waals surface area contributed by atoms with Crippen LogP contribution in [0, 0.1) is 6.92 Å². The van der Waals surface area contributed by atoms with Crippen molar-refractivity contribution in [1.82, 2.24) is 19.5 Å². The fraction of sp³-hybridized carbons (Fsp3) is 0.389. The van der Waals surface area contributed by atoms with Gasteiger partial charge < -0.3 is 9.30 Å². The molecule has 3 aromatic rings. The fourth-order valence-corrected chi connectivity index (χ4v) is 3.57. The lowest BCUT2D eigenvalue weighted by Crippen LogP contribution is -2.22. The molecule has 0 aromatic carbocycles. The number of hydrogen-bond donors (Lipinski definition) is 0. The van der Waals surface area contributed by atoms with Gasteiger partial charge in [-0.15, -0.1) is 0 Å². The summed E-state index contributed by atoms with van der Waals surface area (Å²) in [6, 6.07) is 2.94. The summed E-state index contributed by atoms with van der Waals surface area (Å²) in [6.45, 7) is 10.1. The molecule has 7 heteroatoms. The predicted molar refractivity (Wildman–Crippen MR) is 105 cm³/mol. The van der Waals surface area contributed by atoms with Crippen molar-refractivity contribution in [1.29, 1.82) is 0 Å². The maximum atomic E-state index is 6.45. The molecular weight excluding hydrogens is 352 g/mol. The van der Waals surface area contributed by atoms with Gasteiger partial charge in [0.15, 0.2) is 0 Å². The molecule has 0 saturated carbocycles. The number of fused-ring (bicyclic) bond motifs is 1. The molecule has 0 atom stereocenters. The van der Waals surface area contributed by atoms with Crippen molar-refractivity contribution in [3.8, 4) is 11.1 Å². The van der Waals surface area contributed by atoms with Crippen LogP contribution in [0.25, 0.3) is 22.2 Å². The van der Waals surface area contributed by atoms with E-state index in [-0.39, 0.29) is 0 Å². The van der Waals surface area contributed by atoms with Crippen LogP contribution < -0.4 is 0 Å². The average Bonchev–Trinajstić information content (AvgIpc) is 2.92. The van der Waals surface area contributed by atoms with Gasteiger partial charge in [0.05, 0.1) is 5.02 Å². The van der Waals surface area contributed by atoms with Crippen LogP contribution in [0.1, 0.15) is 5.82 Å². The molecule has 3 heterocycles. The standard InChI is InChI=1S/C18H23ClN4OSi/c1-13-21-9-14(10-22-13)15-11-23(12-24-7-8-25(2,3)4)18-17(15)16(19)5-6-20-18/h5-6,9-11H,7-8,12H2,1-4H3. The maximum absolute atomic E-state index is 6.45. The van der Waals surface area contributed by atoms with Gasteiger partial charge in [0.25, 0.3) is 0 Å². The van der Waals surface area contributed by atoms with Crippen LogP contribution in [0.5, 0.6) is 0 Å². The third-order valence-corrected chi connectivity index (χ3v) is 6.04. The number of aryl methyl sites for hydroxylation is 1. The van der Waals surface area contributed by atoms with E-state index in [0.717, 1.165) is 40.6 Å². The van der Waals surface area contributed by atoms with Crippen LogP contribution in [-0.2, 0) is 11.5 Å². The molecule has 0 N–H and O–H groups in total. The highest BCUT2D eigenvalue weighted by Gasteiger charge is 2.16. The molecular formula is C18H23ClN4OSi. The second-order valence-electron chi connectivity index (χ2n) is 7.37. The molecule has 0 radical (unpaired) electrons. The zero-order valence-electron chi connectivity index (χ0n) is 15.1. The molecule has 0 amide bonds. The van der Waals surface area contributed by atoms with Gasteiger partial charge in [-0.2, -0.15) is 0 Å². The van der Waals surface area contributed by atoms with Gasteiger partial charge >= 0.3 is 0 Å². The molecule has 0 bridgehead atoms. The minimum absolute atomic E-state index is 0.459. The molecule has 0 unspecified atom stereocenters. The summed E-state index contributed by atoms with van der Waals surface area (Å²) >= 11 is 6.45. The smallest absolute Gasteiger partial charge is 0.143 e. The van der Waals surface area contributed by atoms with E-state index in [4.69, 9.17) is 16.3 Å². The minimum atomic E-state index is -1.10. The summed E-state index contributed by atoms with van der Waals surface area (Å²) in [4.78, 5) is 13.1. The van der Waals surface area contributed by atoms with Gasteiger partial charge in [-0.05, 0) is 19.0 Å². The van der Waals surface area contributed by atoms with E-state index in [2.05, 4.69) is 34.6 Å². The van der Waals surface area contributed by atoms with E-state index in [1.54, 1.807) is 12.3 Å². The van der Waals surface area contributed by atoms with E-state index in [1.807, 2.05) is 30.1 Å². The van der Waals surface area contributed by atoms with Crippen molar-refractivity contribution in [3.05, 3.63) is 41.7 Å². The highest BCUT2D eigenvalue weighted by atomic mass is 35.5. The first-order valence-corrected chi connectivity index (χ1v) is 12.4. The Labute approximate surface area is 154 Å². The highest BCUT2D eigenvalue weighted by Crippen LogP contribution is 2.34. The van der Waals surface area contributed by atoms with Gasteiger partial charge in [0.1, 0.15) is 18.2 Å². The number of nitrogens with zero attached hydrogens (tertiary/aromatic N) is 4. The molecule has 0 aliphatic carbocycles. The molecule has 3 aromatic heterocycles. The first-order chi connectivity index (χ1) is 11.8. The Bertz CT molecular complexity index is 871. The van der Waals surface area contributed by atoms with E-state index < -0.39 is 8.07 Å². The summed E-state index contributed by atoms with van der Waals surface area (Å²) in [5.74, 6) is 0.742. The topological polar surface area (TPSA) is 52.8 Å². The molecule has 0 saturated heterocycles. The van der Waals surface area contributed by atoms with Crippen molar-refractivity contribution in [2.75, 3.05) is 6.61 Å². The third kappa shape index (κ3) is 4.26. The third-order valence-electron chi connectivity index (χ3n) is 4.03. The molecule has 5 nitrogen and oxygen atoms in total. The van der Waals surface area contributed by atoms with Gasteiger partial charge in [0.2, 0.25) is 0 Å². The van der Waals surface area contributed by atoms with Crippen LogP contribution >= 0.6 is 11.6 Å². The number of rotatable bonds is 6. The van der Waals surface area contributed by atoms with Crippen LogP contribution in [0.15, 0.2) is 30.9 Å². The lowest BCUT2D eigenvalue weighted by Gasteiger charge is -2.15. The Hall–Kier alpha value is -1.76. The van der Waals surface area contributed by atoms with Gasteiger partial charge in [-0.1, -0.05) is 31.2 Å². The molecule has 0 aliphatic heterocycles. The summed E-state index contributed by atoms with van der Waals surface area (Å²) < 4.78 is 7.90. The zero-order valence-corrected chi connectivity index (χ0v) is 16.8. The van der Waals surface area contributed by atoms with Gasteiger partial charge in [-0.25, -0.2) is 15.0 Å². The number of ether oxygens (including phenoxy) is 1. The minimum Gasteiger partial charge on any atom is -0.361 e. The Morgan fingerprint density at radius 3 is 2.56 bits per heavy atom. The van der Waals surface area contributed by atoms with Gasteiger partial charge in [-0.3, -0.25) is 0 Å². The predicted octanol–water partition coefficient (Wildman–Crippen LogP) is 4.77. The number of halogens is 1. The Morgan fingerprint density at radius 2 is 1.88 bits per heavy atom. The average molecular weight is 375 g/mol. The quantitative estimate of drug-likeness (QED) is 0.460.